The fraction of sp³-hybridized carbons (Fsp3) is 0.148. The molecule has 0 unspecified atom stereocenters. The maximum Gasteiger partial charge on any atom is 0.278 e. The molecule has 7 nitrogen and oxygen atoms in total. The van der Waals surface area contributed by atoms with E-state index < -0.39 is 5.91 Å². The molecule has 7 heteroatoms. The van der Waals surface area contributed by atoms with Crippen molar-refractivity contribution in [3.8, 4) is 17.2 Å². The number of amides is 1. The molecule has 1 amide bonds. The molecule has 1 N–H and O–H groups in total. The summed E-state index contributed by atoms with van der Waals surface area (Å²) in [7, 11) is 3.14. The van der Waals surface area contributed by atoms with Gasteiger partial charge in [-0.05, 0) is 54.4 Å². The van der Waals surface area contributed by atoms with Crippen LogP contribution in [0.3, 0.4) is 0 Å². The zero-order valence-electron chi connectivity index (χ0n) is 19.4. The van der Waals surface area contributed by atoms with Crippen molar-refractivity contribution >= 4 is 17.3 Å². The van der Waals surface area contributed by atoms with Crippen LogP contribution < -0.4 is 20.1 Å². The van der Waals surface area contributed by atoms with Crippen LogP contribution in [0, 0.1) is 0 Å². The lowest BCUT2D eigenvalue weighted by Crippen LogP contribution is -2.26. The normalized spacial score (nSPS) is 11.2. The van der Waals surface area contributed by atoms with Crippen molar-refractivity contribution in [3.05, 3.63) is 102 Å². The Kier molecular flexibility index (Phi) is 7.03. The lowest BCUT2D eigenvalue weighted by molar-refractivity contribution is 0.101. The van der Waals surface area contributed by atoms with Crippen LogP contribution in [0.4, 0.5) is 11.4 Å². The number of ether oxygens (including phenoxy) is 2. The number of rotatable bonds is 7. The van der Waals surface area contributed by atoms with Crippen LogP contribution in [0.25, 0.3) is 5.69 Å². The number of nitrogens with zero attached hydrogens (tertiary/aromatic N) is 3. The van der Waals surface area contributed by atoms with E-state index in [9.17, 15) is 4.79 Å². The van der Waals surface area contributed by atoms with E-state index in [1.165, 1.54) is 5.56 Å². The summed E-state index contributed by atoms with van der Waals surface area (Å²) in [6, 6.07) is 24.4. The third-order valence-corrected chi connectivity index (χ3v) is 5.33. The van der Waals surface area contributed by atoms with E-state index in [2.05, 4.69) is 22.3 Å². The van der Waals surface area contributed by atoms with Crippen molar-refractivity contribution in [3.63, 3.8) is 0 Å². The molecule has 0 saturated heterocycles. The number of nitrogens with one attached hydrogen (secondary N) is 1. The molecule has 172 valence electrons. The highest BCUT2D eigenvalue weighted by Crippen LogP contribution is 2.26. The second-order valence-electron chi connectivity index (χ2n) is 7.45. The van der Waals surface area contributed by atoms with E-state index in [1.54, 1.807) is 43.3 Å². The van der Waals surface area contributed by atoms with E-state index in [-0.39, 0.29) is 5.69 Å². The number of para-hydroxylation sites is 4. The number of methoxy groups -OCH3 is 2. The van der Waals surface area contributed by atoms with Crippen molar-refractivity contribution in [1.82, 2.24) is 9.78 Å². The highest BCUT2D eigenvalue weighted by Gasteiger charge is 2.15. The summed E-state index contributed by atoms with van der Waals surface area (Å²) in [6.45, 7) is 2.11. The Hall–Kier alpha value is -4.39. The molecule has 4 aromatic rings. The highest BCUT2D eigenvalue weighted by molar-refractivity contribution is 6.03. The topological polar surface area (TPSA) is 77.7 Å². The quantitative estimate of drug-likeness (QED) is 0.429. The number of carbonyl (C=O) groups excluding carboxylic acids is 1. The number of anilines is 1. The van der Waals surface area contributed by atoms with Gasteiger partial charge in [0.2, 0.25) is 0 Å². The van der Waals surface area contributed by atoms with Gasteiger partial charge in [-0.3, -0.25) is 4.79 Å². The van der Waals surface area contributed by atoms with Crippen molar-refractivity contribution in [2.24, 2.45) is 4.99 Å². The van der Waals surface area contributed by atoms with Gasteiger partial charge in [-0.2, -0.15) is 5.10 Å². The summed E-state index contributed by atoms with van der Waals surface area (Å²) >= 11 is 0. The Morgan fingerprint density at radius 2 is 1.59 bits per heavy atom. The Morgan fingerprint density at radius 1 is 0.912 bits per heavy atom. The van der Waals surface area contributed by atoms with Crippen LogP contribution in [-0.4, -0.2) is 29.9 Å². The summed E-state index contributed by atoms with van der Waals surface area (Å²) in [5, 5.41) is 7.94. The molecule has 0 aliphatic rings. The Morgan fingerprint density at radius 3 is 2.29 bits per heavy atom. The number of hydrogen-bond acceptors (Lipinski definition) is 5. The molecule has 0 radical (unpaired) electrons. The SMILES string of the molecule is CCc1ccc(-n2ccc(=Nc3ccccc3OC)c(C(=O)Nc3ccccc3OC)n2)cc1. The van der Waals surface area contributed by atoms with Gasteiger partial charge < -0.3 is 14.8 Å². The van der Waals surface area contributed by atoms with Crippen molar-refractivity contribution < 1.29 is 14.3 Å². The first-order valence-corrected chi connectivity index (χ1v) is 10.9. The van der Waals surface area contributed by atoms with Gasteiger partial charge in [0.1, 0.15) is 17.2 Å². The van der Waals surface area contributed by atoms with Gasteiger partial charge in [0.25, 0.3) is 5.91 Å². The van der Waals surface area contributed by atoms with Crippen LogP contribution in [0.5, 0.6) is 11.5 Å². The zero-order chi connectivity index (χ0) is 23.9. The van der Waals surface area contributed by atoms with Gasteiger partial charge in [-0.1, -0.05) is 43.3 Å². The number of hydrogen-bond donors (Lipinski definition) is 1. The molecule has 0 aliphatic carbocycles. The lowest BCUT2D eigenvalue weighted by atomic mass is 10.1. The van der Waals surface area contributed by atoms with Crippen LogP contribution in [0.1, 0.15) is 23.0 Å². The number of carbonyl (C=O) groups is 1. The summed E-state index contributed by atoms with van der Waals surface area (Å²) in [5.41, 5.74) is 3.37. The van der Waals surface area contributed by atoms with E-state index in [4.69, 9.17) is 9.47 Å². The number of aromatic nitrogens is 2. The largest absolute Gasteiger partial charge is 0.495 e. The molecule has 0 spiro atoms. The molecule has 0 saturated carbocycles. The number of aryl methyl sites for hydroxylation is 1. The first-order valence-electron chi connectivity index (χ1n) is 10.9. The molecule has 0 atom stereocenters. The zero-order valence-corrected chi connectivity index (χ0v) is 19.4. The van der Waals surface area contributed by atoms with Crippen LogP contribution >= 0.6 is 0 Å². The van der Waals surface area contributed by atoms with Gasteiger partial charge in [0.05, 0.1) is 31.0 Å². The molecule has 3 aromatic carbocycles. The Balaban J connectivity index is 1.82. The Labute approximate surface area is 198 Å². The van der Waals surface area contributed by atoms with E-state index in [0.717, 1.165) is 12.1 Å². The summed E-state index contributed by atoms with van der Waals surface area (Å²) in [6.07, 6.45) is 2.73. The minimum atomic E-state index is -0.405. The van der Waals surface area contributed by atoms with Crippen LogP contribution in [0.15, 0.2) is 90.1 Å². The third kappa shape index (κ3) is 4.99. The van der Waals surface area contributed by atoms with Gasteiger partial charge >= 0.3 is 0 Å². The van der Waals surface area contributed by atoms with Crippen molar-refractivity contribution in [1.29, 1.82) is 0 Å². The molecule has 1 aromatic heterocycles. The van der Waals surface area contributed by atoms with Crippen LogP contribution in [-0.2, 0) is 6.42 Å². The first kappa shape index (κ1) is 22.8. The van der Waals surface area contributed by atoms with E-state index in [1.807, 2.05) is 60.7 Å². The molecule has 4 rings (SSSR count). The van der Waals surface area contributed by atoms with E-state index >= 15 is 0 Å². The minimum absolute atomic E-state index is 0.166. The fourth-order valence-corrected chi connectivity index (χ4v) is 3.47. The first-order chi connectivity index (χ1) is 16.6. The molecule has 0 fully saturated rings. The van der Waals surface area contributed by atoms with Gasteiger partial charge in [-0.15, -0.1) is 0 Å². The van der Waals surface area contributed by atoms with Crippen LogP contribution in [0.2, 0.25) is 0 Å². The molecule has 34 heavy (non-hydrogen) atoms. The van der Waals surface area contributed by atoms with Gasteiger partial charge in [0, 0.05) is 6.20 Å². The molecule has 0 bridgehead atoms. The smallest absolute Gasteiger partial charge is 0.278 e. The van der Waals surface area contributed by atoms with Gasteiger partial charge in [-0.25, -0.2) is 9.67 Å². The Bertz CT molecular complexity index is 1360. The molecule has 1 heterocycles. The average molecular weight is 455 g/mol. The second kappa shape index (κ2) is 10.5. The maximum absolute atomic E-state index is 13.4. The van der Waals surface area contributed by atoms with E-state index in [0.29, 0.717) is 28.2 Å². The predicted octanol–water partition coefficient (Wildman–Crippen LogP) is 4.94. The second-order valence-corrected chi connectivity index (χ2v) is 7.45. The highest BCUT2D eigenvalue weighted by atomic mass is 16.5. The summed E-state index contributed by atoms with van der Waals surface area (Å²) < 4.78 is 12.5. The average Bonchev–Trinajstić information content (AvgIpc) is 2.89. The third-order valence-electron chi connectivity index (χ3n) is 5.33. The van der Waals surface area contributed by atoms with Crippen molar-refractivity contribution in [2.45, 2.75) is 13.3 Å². The summed E-state index contributed by atoms with van der Waals surface area (Å²) in [5.74, 6) is 0.751. The monoisotopic (exact) mass is 454 g/mol. The fourth-order valence-electron chi connectivity index (χ4n) is 3.47. The lowest BCUT2D eigenvalue weighted by Gasteiger charge is -2.12. The maximum atomic E-state index is 13.4. The predicted molar refractivity (Wildman–Crippen MR) is 132 cm³/mol. The molecular formula is C27H26N4O3. The minimum Gasteiger partial charge on any atom is -0.495 e. The van der Waals surface area contributed by atoms with Gasteiger partial charge in [0.15, 0.2) is 5.69 Å². The standard InChI is InChI=1S/C27H26N4O3/c1-4-19-13-15-20(16-14-19)31-18-17-23(28-21-9-5-7-11-24(21)33-2)26(30-31)27(32)29-22-10-6-8-12-25(22)34-3/h5-18H,4H2,1-3H3,(H,29,32). The van der Waals surface area contributed by atoms with Crippen molar-refractivity contribution in [2.75, 3.05) is 19.5 Å². The molecular weight excluding hydrogens is 428 g/mol. The summed E-state index contributed by atoms with van der Waals surface area (Å²) in [4.78, 5) is 18.1. The number of benzene rings is 3. The molecule has 0 aliphatic heterocycles.